The number of carbonyl (C=O) groups excluding carboxylic acids is 2. The zero-order chi connectivity index (χ0) is 16.3. The Labute approximate surface area is 132 Å². The van der Waals surface area contributed by atoms with Crippen LogP contribution in [-0.2, 0) is 4.79 Å². The van der Waals surface area contributed by atoms with Gasteiger partial charge in [-0.1, -0.05) is 20.3 Å². The molecule has 1 aromatic rings. The standard InChI is InChI=1S/C17H26N2O3/c1-11(2)14-8-9-22-15(14)16(20)18-13-7-5-6-12(10-13)17(21)19(3)4/h8-9,11-13H,5-7,10H2,1-4H3,(H,18,20). The normalized spacial score (nSPS) is 21.7. The van der Waals surface area contributed by atoms with E-state index in [1.54, 1.807) is 25.3 Å². The minimum Gasteiger partial charge on any atom is -0.459 e. The van der Waals surface area contributed by atoms with Crippen LogP contribution in [0.2, 0.25) is 0 Å². The van der Waals surface area contributed by atoms with Gasteiger partial charge in [0.05, 0.1) is 6.26 Å². The summed E-state index contributed by atoms with van der Waals surface area (Å²) < 4.78 is 5.35. The van der Waals surface area contributed by atoms with Crippen LogP contribution in [0.1, 0.15) is 61.6 Å². The fourth-order valence-corrected chi connectivity index (χ4v) is 3.12. The lowest BCUT2D eigenvalue weighted by Gasteiger charge is -2.30. The number of nitrogens with one attached hydrogen (secondary N) is 1. The molecule has 1 saturated carbocycles. The smallest absolute Gasteiger partial charge is 0.287 e. The molecule has 1 heterocycles. The molecule has 22 heavy (non-hydrogen) atoms. The van der Waals surface area contributed by atoms with Gasteiger partial charge in [-0.3, -0.25) is 9.59 Å². The molecule has 5 heteroatoms. The second-order valence-electron chi connectivity index (χ2n) is 6.63. The zero-order valence-corrected chi connectivity index (χ0v) is 13.9. The molecule has 2 rings (SSSR count). The van der Waals surface area contributed by atoms with Crippen LogP contribution in [0.15, 0.2) is 16.7 Å². The number of hydrogen-bond acceptors (Lipinski definition) is 3. The molecule has 2 atom stereocenters. The van der Waals surface area contributed by atoms with E-state index >= 15 is 0 Å². The Balaban J connectivity index is 1.99. The highest BCUT2D eigenvalue weighted by Gasteiger charge is 2.30. The number of amides is 2. The highest BCUT2D eigenvalue weighted by Crippen LogP contribution is 2.26. The average molecular weight is 306 g/mol. The van der Waals surface area contributed by atoms with Crippen LogP contribution >= 0.6 is 0 Å². The topological polar surface area (TPSA) is 62.6 Å². The molecule has 1 fully saturated rings. The Bertz CT molecular complexity index is 534. The van der Waals surface area contributed by atoms with Crippen molar-refractivity contribution in [2.75, 3.05) is 14.1 Å². The molecule has 1 aliphatic rings. The van der Waals surface area contributed by atoms with Gasteiger partial charge in [-0.15, -0.1) is 0 Å². The molecule has 0 spiro atoms. The van der Waals surface area contributed by atoms with Crippen LogP contribution in [0.4, 0.5) is 0 Å². The third-order valence-corrected chi connectivity index (χ3v) is 4.32. The van der Waals surface area contributed by atoms with E-state index in [-0.39, 0.29) is 29.7 Å². The van der Waals surface area contributed by atoms with Crippen molar-refractivity contribution in [2.45, 2.75) is 51.5 Å². The van der Waals surface area contributed by atoms with Crippen molar-refractivity contribution in [1.29, 1.82) is 0 Å². The molecule has 0 saturated heterocycles. The van der Waals surface area contributed by atoms with E-state index < -0.39 is 0 Å². The summed E-state index contributed by atoms with van der Waals surface area (Å²) in [6, 6.07) is 1.89. The largest absolute Gasteiger partial charge is 0.459 e. The third kappa shape index (κ3) is 3.70. The maximum atomic E-state index is 12.4. The van der Waals surface area contributed by atoms with Crippen LogP contribution in [0.25, 0.3) is 0 Å². The van der Waals surface area contributed by atoms with Crippen molar-refractivity contribution < 1.29 is 14.0 Å². The molecule has 0 aromatic carbocycles. The summed E-state index contributed by atoms with van der Waals surface area (Å²) in [5, 5.41) is 3.04. The molecule has 2 amide bonds. The Morgan fingerprint density at radius 1 is 1.32 bits per heavy atom. The quantitative estimate of drug-likeness (QED) is 0.930. The first-order chi connectivity index (χ1) is 10.4. The average Bonchev–Trinajstić information content (AvgIpc) is 2.96. The zero-order valence-electron chi connectivity index (χ0n) is 13.9. The van der Waals surface area contributed by atoms with E-state index in [1.807, 2.05) is 19.9 Å². The first kappa shape index (κ1) is 16.6. The van der Waals surface area contributed by atoms with Crippen LogP contribution in [-0.4, -0.2) is 36.9 Å². The maximum absolute atomic E-state index is 12.4. The molecule has 122 valence electrons. The third-order valence-electron chi connectivity index (χ3n) is 4.32. The summed E-state index contributed by atoms with van der Waals surface area (Å²) in [4.78, 5) is 26.1. The summed E-state index contributed by atoms with van der Waals surface area (Å²) in [7, 11) is 3.56. The summed E-state index contributed by atoms with van der Waals surface area (Å²) in [6.45, 7) is 4.07. The monoisotopic (exact) mass is 306 g/mol. The minimum absolute atomic E-state index is 0.00946. The highest BCUT2D eigenvalue weighted by molar-refractivity contribution is 5.93. The molecule has 1 aromatic heterocycles. The predicted molar refractivity (Wildman–Crippen MR) is 84.7 cm³/mol. The molecule has 0 radical (unpaired) electrons. The van der Waals surface area contributed by atoms with E-state index in [4.69, 9.17) is 4.42 Å². The highest BCUT2D eigenvalue weighted by atomic mass is 16.3. The lowest BCUT2D eigenvalue weighted by atomic mass is 9.84. The van der Waals surface area contributed by atoms with E-state index in [9.17, 15) is 9.59 Å². The number of nitrogens with zero attached hydrogens (tertiary/aromatic N) is 1. The van der Waals surface area contributed by atoms with E-state index in [1.165, 1.54) is 0 Å². The Morgan fingerprint density at radius 3 is 2.68 bits per heavy atom. The lowest BCUT2D eigenvalue weighted by Crippen LogP contribution is -2.42. The predicted octanol–water partition coefficient (Wildman–Crippen LogP) is 2.78. The van der Waals surface area contributed by atoms with Crippen molar-refractivity contribution >= 4 is 11.8 Å². The fraction of sp³-hybridized carbons (Fsp3) is 0.647. The van der Waals surface area contributed by atoms with E-state index in [0.717, 1.165) is 24.8 Å². The molecule has 5 nitrogen and oxygen atoms in total. The van der Waals surface area contributed by atoms with Crippen LogP contribution in [0.5, 0.6) is 0 Å². The van der Waals surface area contributed by atoms with Crippen LogP contribution < -0.4 is 5.32 Å². The van der Waals surface area contributed by atoms with Gasteiger partial charge in [0.1, 0.15) is 0 Å². The molecule has 1 N–H and O–H groups in total. The Morgan fingerprint density at radius 2 is 2.05 bits per heavy atom. The van der Waals surface area contributed by atoms with Gasteiger partial charge in [-0.2, -0.15) is 0 Å². The molecule has 0 aliphatic heterocycles. The lowest BCUT2D eigenvalue weighted by molar-refractivity contribution is -0.134. The van der Waals surface area contributed by atoms with Gasteiger partial charge >= 0.3 is 0 Å². The van der Waals surface area contributed by atoms with Gasteiger partial charge in [0.2, 0.25) is 5.91 Å². The van der Waals surface area contributed by atoms with Crippen molar-refractivity contribution in [3.8, 4) is 0 Å². The minimum atomic E-state index is -0.170. The first-order valence-electron chi connectivity index (χ1n) is 7.99. The van der Waals surface area contributed by atoms with Gasteiger partial charge in [0, 0.05) is 31.6 Å². The SMILES string of the molecule is CC(C)c1ccoc1C(=O)NC1CCCC(C(=O)N(C)C)C1. The fourth-order valence-electron chi connectivity index (χ4n) is 3.12. The molecule has 1 aliphatic carbocycles. The Kier molecular flexibility index (Phi) is 5.27. The molecular formula is C17H26N2O3. The van der Waals surface area contributed by atoms with Crippen LogP contribution in [0.3, 0.4) is 0 Å². The van der Waals surface area contributed by atoms with E-state index in [2.05, 4.69) is 5.32 Å². The van der Waals surface area contributed by atoms with Crippen molar-refractivity contribution in [3.63, 3.8) is 0 Å². The number of carbonyl (C=O) groups is 2. The van der Waals surface area contributed by atoms with Gasteiger partial charge in [0.25, 0.3) is 5.91 Å². The van der Waals surface area contributed by atoms with Gasteiger partial charge in [-0.25, -0.2) is 0 Å². The number of rotatable bonds is 4. The van der Waals surface area contributed by atoms with Gasteiger partial charge < -0.3 is 14.6 Å². The van der Waals surface area contributed by atoms with Gasteiger partial charge in [-0.05, 0) is 31.2 Å². The maximum Gasteiger partial charge on any atom is 0.287 e. The second-order valence-corrected chi connectivity index (χ2v) is 6.63. The second kappa shape index (κ2) is 6.99. The van der Waals surface area contributed by atoms with E-state index in [0.29, 0.717) is 12.2 Å². The molecule has 2 unspecified atom stereocenters. The van der Waals surface area contributed by atoms with Crippen LogP contribution in [0, 0.1) is 5.92 Å². The number of furan rings is 1. The number of hydrogen-bond donors (Lipinski definition) is 1. The summed E-state index contributed by atoms with van der Waals surface area (Å²) in [6.07, 6.45) is 5.05. The van der Waals surface area contributed by atoms with Crippen molar-refractivity contribution in [2.24, 2.45) is 5.92 Å². The summed E-state index contributed by atoms with van der Waals surface area (Å²) >= 11 is 0. The molecule has 0 bridgehead atoms. The van der Waals surface area contributed by atoms with Gasteiger partial charge in [0.15, 0.2) is 5.76 Å². The Hall–Kier alpha value is -1.78. The summed E-state index contributed by atoms with van der Waals surface area (Å²) in [5.74, 6) is 0.636. The summed E-state index contributed by atoms with van der Waals surface area (Å²) in [5.41, 5.74) is 0.925. The first-order valence-corrected chi connectivity index (χ1v) is 7.99. The van der Waals surface area contributed by atoms with Crippen molar-refractivity contribution in [1.82, 2.24) is 10.2 Å². The van der Waals surface area contributed by atoms with Crippen molar-refractivity contribution in [3.05, 3.63) is 23.7 Å². The molecular weight excluding hydrogens is 280 g/mol.